The Labute approximate surface area is 63.1 Å². The third-order valence-corrected chi connectivity index (χ3v) is 1.81. The monoisotopic (exact) mass is 173 g/mol. The minimum atomic E-state index is -0.867. The summed E-state index contributed by atoms with van der Waals surface area (Å²) in [5, 5.41) is 8.30. The summed E-state index contributed by atoms with van der Waals surface area (Å²) < 4.78 is 0.400. The molecule has 0 rings (SSSR count). The van der Waals surface area contributed by atoms with Crippen LogP contribution in [0.1, 0.15) is 0 Å². The van der Waals surface area contributed by atoms with Gasteiger partial charge in [0, 0.05) is 0 Å². The van der Waals surface area contributed by atoms with Crippen molar-refractivity contribution < 1.29 is 27.8 Å². The molecule has 1 N–H and O–H groups in total. The Hall–Kier alpha value is -0.557. The molecule has 0 unspecified atom stereocenters. The van der Waals surface area contributed by atoms with Crippen LogP contribution in [0.2, 0.25) is 0 Å². The van der Waals surface area contributed by atoms with Gasteiger partial charge in [-0.25, -0.2) is 0 Å². The zero-order valence-electron chi connectivity index (χ0n) is 4.87. The van der Waals surface area contributed by atoms with Crippen LogP contribution in [0.5, 0.6) is 0 Å². The molecule has 0 aliphatic rings. The quantitative estimate of drug-likeness (QED) is 0.381. The fourth-order valence-electron chi connectivity index (χ4n) is 0.243. The summed E-state index contributed by atoms with van der Waals surface area (Å²) in [5.74, 6) is -0.867. The van der Waals surface area contributed by atoms with Crippen molar-refractivity contribution >= 4 is 10.1 Å². The molecule has 0 aliphatic heterocycles. The molecular weight excluding hydrogens is 169 g/mol. The van der Waals surface area contributed by atoms with Gasteiger partial charge in [-0.2, -0.15) is 0 Å². The van der Waals surface area contributed by atoms with Gasteiger partial charge in [0.05, 0.1) is 0 Å². The van der Waals surface area contributed by atoms with Gasteiger partial charge in [-0.1, -0.05) is 0 Å². The Morgan fingerprint density at radius 1 is 1.67 bits per heavy atom. The van der Waals surface area contributed by atoms with E-state index in [1.807, 2.05) is 0 Å². The third-order valence-electron chi connectivity index (χ3n) is 0.683. The summed E-state index contributed by atoms with van der Waals surface area (Å²) >= 11 is 0.639. The number of hydrogen-bond acceptors (Lipinski definition) is 1. The van der Waals surface area contributed by atoms with E-state index in [0.717, 1.165) is 0 Å². The van der Waals surface area contributed by atoms with Gasteiger partial charge in [-0.15, -0.1) is 0 Å². The number of aliphatic carboxylic acids is 1. The first-order valence-corrected chi connectivity index (χ1v) is 3.80. The second-order valence-corrected chi connectivity index (χ2v) is 2.98. The number of carboxylic acid groups (broad SMARTS) is 1. The van der Waals surface area contributed by atoms with Crippen molar-refractivity contribution in [3.8, 4) is 0 Å². The fraction of sp³-hybridized carbons (Fsp3) is 0. The second kappa shape index (κ2) is 4.33. The van der Waals surface area contributed by atoms with E-state index in [-0.39, 0.29) is 0 Å². The van der Waals surface area contributed by atoms with E-state index >= 15 is 0 Å². The molecule has 0 aromatic rings. The van der Waals surface area contributed by atoms with E-state index in [4.69, 9.17) is 11.7 Å². The molecule has 0 heterocycles. The standard InChI is InChI=1S/C6H5O2.Zn/c1-2-3-4-5-6(7)8;/h1-4H,(H,7,8);/q-1;/b4-3-;. The van der Waals surface area contributed by atoms with E-state index in [2.05, 4.69) is 0 Å². The van der Waals surface area contributed by atoms with Crippen LogP contribution in [0.4, 0.5) is 0 Å². The first-order valence-electron chi connectivity index (χ1n) is 2.32. The number of allylic oxidation sites excluding steroid dienone is 2. The zero-order valence-corrected chi connectivity index (χ0v) is 7.84. The number of rotatable bonds is 3. The molecule has 0 bridgehead atoms. The van der Waals surface area contributed by atoms with Crippen LogP contribution < -0.4 is 0 Å². The summed E-state index contributed by atoms with van der Waals surface area (Å²) in [7, 11) is 0. The maximum atomic E-state index is 10.1. The van der Waals surface area contributed by atoms with Gasteiger partial charge in [-0.3, -0.25) is 0 Å². The fourth-order valence-corrected chi connectivity index (χ4v) is 0.529. The predicted molar refractivity (Wildman–Crippen MR) is 30.7 cm³/mol. The van der Waals surface area contributed by atoms with Crippen molar-refractivity contribution in [2.75, 3.05) is 0 Å². The van der Waals surface area contributed by atoms with Crippen LogP contribution in [-0.4, -0.2) is 15.2 Å². The minimum absolute atomic E-state index is 0.400. The first kappa shape index (κ1) is 8.44. The van der Waals surface area contributed by atoms with Crippen LogP contribution in [0.25, 0.3) is 0 Å². The molecular formula is C6H5O2Zn-. The molecule has 0 saturated heterocycles. The van der Waals surface area contributed by atoms with Crippen LogP contribution in [-0.2, 0) is 22.6 Å². The molecule has 0 atom stereocenters. The number of hydrogen-bond donors (Lipinski definition) is 1. The molecule has 0 aromatic heterocycles. The van der Waals surface area contributed by atoms with E-state index in [1.54, 1.807) is 0 Å². The second-order valence-electron chi connectivity index (χ2n) is 1.38. The van der Waals surface area contributed by atoms with Crippen LogP contribution in [0.15, 0.2) is 18.2 Å². The molecule has 0 fully saturated rings. The Morgan fingerprint density at radius 3 is 2.56 bits per heavy atom. The van der Waals surface area contributed by atoms with E-state index in [1.165, 1.54) is 18.2 Å². The zero-order chi connectivity index (χ0) is 7.28. The molecule has 0 spiro atoms. The Balaban J connectivity index is 3.92. The summed E-state index contributed by atoms with van der Waals surface area (Å²) in [4.78, 5) is 10.1. The Bertz CT molecular complexity index is 170. The van der Waals surface area contributed by atoms with Gasteiger partial charge in [-0.05, 0) is 0 Å². The molecule has 0 radical (unpaired) electrons. The molecule has 0 amide bonds. The summed E-state index contributed by atoms with van der Waals surface area (Å²) in [6.45, 7) is 4.97. The summed E-state index contributed by atoms with van der Waals surface area (Å²) in [6, 6.07) is 0. The van der Waals surface area contributed by atoms with Gasteiger partial charge in [0.2, 0.25) is 0 Å². The van der Waals surface area contributed by atoms with Crippen molar-refractivity contribution in [2.45, 2.75) is 0 Å². The van der Waals surface area contributed by atoms with E-state index in [9.17, 15) is 4.79 Å². The summed E-state index contributed by atoms with van der Waals surface area (Å²) in [5.41, 5.74) is 0. The van der Waals surface area contributed by atoms with Gasteiger partial charge in [0.15, 0.2) is 0 Å². The maximum absolute atomic E-state index is 10.1. The van der Waals surface area contributed by atoms with Crippen molar-refractivity contribution in [1.82, 2.24) is 0 Å². The van der Waals surface area contributed by atoms with E-state index in [0.29, 0.717) is 22.0 Å². The van der Waals surface area contributed by atoms with Crippen LogP contribution in [0, 0.1) is 6.58 Å². The molecule has 0 aliphatic carbocycles. The Morgan fingerprint density at radius 2 is 2.22 bits per heavy atom. The van der Waals surface area contributed by atoms with Crippen LogP contribution >= 0.6 is 0 Å². The number of carbonyl (C=O) groups is 1. The average molecular weight is 174 g/mol. The molecule has 0 aromatic carbocycles. The Kier molecular flexibility index (Phi) is 4.07. The van der Waals surface area contributed by atoms with Crippen LogP contribution in [0.3, 0.4) is 0 Å². The van der Waals surface area contributed by atoms with Gasteiger partial charge in [0.1, 0.15) is 0 Å². The molecule has 0 saturated carbocycles. The molecule has 2 nitrogen and oxygen atoms in total. The average Bonchev–Trinajstić information content (AvgIpc) is 1.82. The van der Waals surface area contributed by atoms with Gasteiger partial charge >= 0.3 is 62.6 Å². The topological polar surface area (TPSA) is 37.3 Å². The van der Waals surface area contributed by atoms with E-state index < -0.39 is 5.97 Å². The molecule has 9 heavy (non-hydrogen) atoms. The predicted octanol–water partition coefficient (Wildman–Crippen LogP) is 0.336. The molecule has 44 valence electrons. The van der Waals surface area contributed by atoms with Gasteiger partial charge < -0.3 is 0 Å². The van der Waals surface area contributed by atoms with Crippen molar-refractivity contribution in [3.05, 3.63) is 24.8 Å². The normalized spacial score (nSPS) is 9.56. The van der Waals surface area contributed by atoms with Crippen molar-refractivity contribution in [1.29, 1.82) is 0 Å². The van der Waals surface area contributed by atoms with Gasteiger partial charge in [0.25, 0.3) is 0 Å². The van der Waals surface area contributed by atoms with Crippen molar-refractivity contribution in [2.24, 2.45) is 0 Å². The molecule has 3 heteroatoms. The first-order chi connectivity index (χ1) is 4.18. The third kappa shape index (κ3) is 3.98. The SMILES string of the molecule is [CH-]=C/C=C\[C](=[Zn])C(=O)O. The van der Waals surface area contributed by atoms with Crippen molar-refractivity contribution in [3.63, 3.8) is 0 Å². The summed E-state index contributed by atoms with van der Waals surface area (Å²) in [6.07, 6.45) is 4.30. The number of carboxylic acids is 1.